The van der Waals surface area contributed by atoms with Crippen LogP contribution in [-0.4, -0.2) is 64.5 Å². The molecule has 13 heteroatoms. The Bertz CT molecular complexity index is 855. The standard InChI is InChI=1S/C20H31N7O6/c21-13(2-1-9-25-20(23)24)17(30)27-15(10-11-3-5-12(28)6-4-11)18(31)26-14(19(32)33)7-8-16(22)29/h3-6,13-15,28H,1-2,7-10,21H2,(H2,22,29)(H,26,31)(H,27,30)(H,32,33)(H4,23,24,25). The summed E-state index contributed by atoms with van der Waals surface area (Å²) in [5.41, 5.74) is 22.0. The number of aliphatic carboxylic acids is 1. The van der Waals surface area contributed by atoms with Crippen LogP contribution < -0.4 is 33.6 Å². The summed E-state index contributed by atoms with van der Waals surface area (Å²) in [5, 5.41) is 23.6. The maximum Gasteiger partial charge on any atom is 0.326 e. The van der Waals surface area contributed by atoms with Crippen LogP contribution in [0.4, 0.5) is 0 Å². The number of guanidine groups is 1. The van der Waals surface area contributed by atoms with Gasteiger partial charge in [-0.2, -0.15) is 0 Å². The lowest BCUT2D eigenvalue weighted by Crippen LogP contribution is -2.55. The highest BCUT2D eigenvalue weighted by atomic mass is 16.4. The fourth-order valence-corrected chi connectivity index (χ4v) is 2.82. The Kier molecular flexibility index (Phi) is 11.1. The van der Waals surface area contributed by atoms with Gasteiger partial charge in [0.1, 0.15) is 17.8 Å². The number of hydrogen-bond donors (Lipinski definition) is 8. The lowest BCUT2D eigenvalue weighted by molar-refractivity contribution is -0.142. The van der Waals surface area contributed by atoms with Crippen LogP contribution in [0, 0.1) is 0 Å². The molecule has 3 amide bonds. The Hall–Kier alpha value is -3.87. The third-order valence-corrected chi connectivity index (χ3v) is 4.61. The molecule has 0 heterocycles. The fraction of sp³-hybridized carbons (Fsp3) is 0.450. The van der Waals surface area contributed by atoms with Crippen molar-refractivity contribution >= 4 is 29.7 Å². The van der Waals surface area contributed by atoms with Crippen molar-refractivity contribution < 1.29 is 29.4 Å². The number of primary amides is 1. The van der Waals surface area contributed by atoms with Crippen LogP contribution in [0.2, 0.25) is 0 Å². The van der Waals surface area contributed by atoms with Gasteiger partial charge in [-0.1, -0.05) is 12.1 Å². The largest absolute Gasteiger partial charge is 0.508 e. The Morgan fingerprint density at radius 3 is 2.09 bits per heavy atom. The molecule has 0 aromatic heterocycles. The predicted octanol–water partition coefficient (Wildman–Crippen LogP) is -2.36. The van der Waals surface area contributed by atoms with Crippen molar-refractivity contribution in [3.63, 3.8) is 0 Å². The number of carboxylic acids is 1. The van der Waals surface area contributed by atoms with E-state index in [0.717, 1.165) is 0 Å². The number of carbonyl (C=O) groups is 4. The van der Waals surface area contributed by atoms with E-state index in [2.05, 4.69) is 15.6 Å². The van der Waals surface area contributed by atoms with E-state index in [1.807, 2.05) is 0 Å². The molecule has 13 nitrogen and oxygen atoms in total. The first-order valence-corrected chi connectivity index (χ1v) is 10.2. The summed E-state index contributed by atoms with van der Waals surface area (Å²) in [7, 11) is 0. The summed E-state index contributed by atoms with van der Waals surface area (Å²) in [4.78, 5) is 51.6. The smallest absolute Gasteiger partial charge is 0.326 e. The summed E-state index contributed by atoms with van der Waals surface area (Å²) in [6.45, 7) is 0.279. The number of aliphatic imine (C=N–C) groups is 1. The molecule has 0 aliphatic rings. The summed E-state index contributed by atoms with van der Waals surface area (Å²) in [6.07, 6.45) is 0.219. The molecule has 1 aromatic rings. The molecule has 1 rings (SSSR count). The maximum absolute atomic E-state index is 12.8. The van der Waals surface area contributed by atoms with Gasteiger partial charge < -0.3 is 43.8 Å². The summed E-state index contributed by atoms with van der Waals surface area (Å²) >= 11 is 0. The molecule has 0 bridgehead atoms. The van der Waals surface area contributed by atoms with E-state index in [1.54, 1.807) is 12.1 Å². The van der Waals surface area contributed by atoms with Crippen LogP contribution in [0.5, 0.6) is 5.75 Å². The van der Waals surface area contributed by atoms with Crippen LogP contribution >= 0.6 is 0 Å². The lowest BCUT2D eigenvalue weighted by Gasteiger charge is -2.23. The van der Waals surface area contributed by atoms with Crippen LogP contribution in [0.3, 0.4) is 0 Å². The Balaban J connectivity index is 2.90. The Morgan fingerprint density at radius 1 is 0.939 bits per heavy atom. The highest BCUT2D eigenvalue weighted by molar-refractivity contribution is 5.92. The zero-order chi connectivity index (χ0) is 25.0. The molecule has 3 unspecified atom stereocenters. The molecule has 33 heavy (non-hydrogen) atoms. The SMILES string of the molecule is NC(=O)CCC(NC(=O)C(Cc1ccc(O)cc1)NC(=O)C(N)CCCN=C(N)N)C(=O)O. The van der Waals surface area contributed by atoms with Gasteiger partial charge in [-0.15, -0.1) is 0 Å². The number of phenols is 1. The van der Waals surface area contributed by atoms with Gasteiger partial charge in [-0.05, 0) is 37.0 Å². The number of amides is 3. The highest BCUT2D eigenvalue weighted by Crippen LogP contribution is 2.12. The van der Waals surface area contributed by atoms with Gasteiger partial charge in [-0.25, -0.2) is 4.79 Å². The number of carbonyl (C=O) groups excluding carboxylic acids is 3. The molecule has 0 saturated heterocycles. The summed E-state index contributed by atoms with van der Waals surface area (Å²) < 4.78 is 0. The number of phenolic OH excluding ortho intramolecular Hbond substituents is 1. The summed E-state index contributed by atoms with van der Waals surface area (Å²) in [6, 6.07) is 2.43. The van der Waals surface area contributed by atoms with Crippen LogP contribution in [0.25, 0.3) is 0 Å². The van der Waals surface area contributed by atoms with Crippen LogP contribution in [-0.2, 0) is 25.6 Å². The molecule has 182 valence electrons. The van der Waals surface area contributed by atoms with Crippen molar-refractivity contribution in [1.29, 1.82) is 0 Å². The number of nitrogens with one attached hydrogen (secondary N) is 2. The number of aromatic hydroxyl groups is 1. The van der Waals surface area contributed by atoms with Crippen molar-refractivity contribution in [2.24, 2.45) is 27.9 Å². The average molecular weight is 466 g/mol. The Labute approximate surface area is 190 Å². The Morgan fingerprint density at radius 2 is 1.55 bits per heavy atom. The number of nitrogens with zero attached hydrogens (tertiary/aromatic N) is 1. The van der Waals surface area contributed by atoms with Gasteiger partial charge in [0.05, 0.1) is 6.04 Å². The molecule has 0 aliphatic heterocycles. The van der Waals surface area contributed by atoms with Crippen LogP contribution in [0.15, 0.2) is 29.3 Å². The molecule has 0 radical (unpaired) electrons. The molecule has 1 aromatic carbocycles. The maximum atomic E-state index is 12.8. The van der Waals surface area contributed by atoms with Gasteiger partial charge in [0.15, 0.2) is 5.96 Å². The minimum Gasteiger partial charge on any atom is -0.508 e. The molecular weight excluding hydrogens is 434 g/mol. The molecule has 0 saturated carbocycles. The van der Waals surface area contributed by atoms with Gasteiger partial charge in [-0.3, -0.25) is 19.4 Å². The van der Waals surface area contributed by atoms with Crippen molar-refractivity contribution in [3.05, 3.63) is 29.8 Å². The number of hydrogen-bond acceptors (Lipinski definition) is 7. The third kappa shape index (κ3) is 10.8. The van der Waals surface area contributed by atoms with Gasteiger partial charge in [0.2, 0.25) is 17.7 Å². The minimum atomic E-state index is -1.38. The summed E-state index contributed by atoms with van der Waals surface area (Å²) in [5.74, 6) is -3.53. The number of benzene rings is 1. The molecule has 0 fully saturated rings. The molecule has 0 aliphatic carbocycles. The minimum absolute atomic E-state index is 0.000726. The van der Waals surface area contributed by atoms with Gasteiger partial charge in [0, 0.05) is 19.4 Å². The van der Waals surface area contributed by atoms with E-state index in [1.165, 1.54) is 12.1 Å². The quantitative estimate of drug-likeness (QED) is 0.0829. The molecular formula is C20H31N7O6. The number of rotatable bonds is 14. The normalized spacial score (nSPS) is 13.2. The average Bonchev–Trinajstić information content (AvgIpc) is 2.74. The van der Waals surface area contributed by atoms with E-state index in [9.17, 15) is 29.4 Å². The second kappa shape index (κ2) is 13.5. The van der Waals surface area contributed by atoms with Gasteiger partial charge in [0.25, 0.3) is 0 Å². The van der Waals surface area contributed by atoms with E-state index in [0.29, 0.717) is 12.0 Å². The first kappa shape index (κ1) is 27.2. The number of carboxylic acid groups (broad SMARTS) is 1. The number of nitrogens with two attached hydrogens (primary N) is 4. The lowest BCUT2D eigenvalue weighted by atomic mass is 10.0. The predicted molar refractivity (Wildman–Crippen MR) is 120 cm³/mol. The second-order valence-corrected chi connectivity index (χ2v) is 7.39. The van der Waals surface area contributed by atoms with E-state index in [4.69, 9.17) is 22.9 Å². The fourth-order valence-electron chi connectivity index (χ4n) is 2.82. The molecule has 0 spiro atoms. The zero-order valence-electron chi connectivity index (χ0n) is 18.1. The second-order valence-electron chi connectivity index (χ2n) is 7.39. The monoisotopic (exact) mass is 465 g/mol. The topological polar surface area (TPSA) is 249 Å². The third-order valence-electron chi connectivity index (χ3n) is 4.61. The van der Waals surface area contributed by atoms with E-state index < -0.39 is 41.8 Å². The van der Waals surface area contributed by atoms with Gasteiger partial charge >= 0.3 is 5.97 Å². The first-order chi connectivity index (χ1) is 15.5. The molecule has 12 N–H and O–H groups in total. The van der Waals surface area contributed by atoms with E-state index >= 15 is 0 Å². The van der Waals surface area contributed by atoms with E-state index in [-0.39, 0.29) is 43.9 Å². The van der Waals surface area contributed by atoms with Crippen molar-refractivity contribution in [1.82, 2.24) is 10.6 Å². The first-order valence-electron chi connectivity index (χ1n) is 10.2. The van der Waals surface area contributed by atoms with Crippen LogP contribution in [0.1, 0.15) is 31.2 Å². The molecule has 3 atom stereocenters. The zero-order valence-corrected chi connectivity index (χ0v) is 18.1. The van der Waals surface area contributed by atoms with Crippen molar-refractivity contribution in [2.75, 3.05) is 6.54 Å². The van der Waals surface area contributed by atoms with Crippen molar-refractivity contribution in [2.45, 2.75) is 50.2 Å². The van der Waals surface area contributed by atoms with Crippen molar-refractivity contribution in [3.8, 4) is 5.75 Å². The highest BCUT2D eigenvalue weighted by Gasteiger charge is 2.28.